The number of aliphatic carboxylic acids is 2. The number of aromatic nitrogens is 5. The number of carboxylic acids is 2. The zero-order valence-electron chi connectivity index (χ0n) is 27.5. The Bertz CT molecular complexity index is 1830. The number of carbonyl (C=O) groups is 3. The molecule has 1 aliphatic rings. The Morgan fingerprint density at radius 2 is 1.49 bits per heavy atom. The van der Waals surface area contributed by atoms with Crippen molar-refractivity contribution >= 4 is 29.2 Å². The summed E-state index contributed by atoms with van der Waals surface area (Å²) in [5.74, 6) is -4.40. The Hall–Kier alpha value is -5.71. The van der Waals surface area contributed by atoms with Crippen LogP contribution in [0.25, 0.3) is 27.8 Å². The molecule has 1 amide bonds. The van der Waals surface area contributed by atoms with Gasteiger partial charge in [-0.05, 0) is 45.3 Å². The molecule has 14 nitrogen and oxygen atoms in total. The molecule has 0 unspecified atom stereocenters. The molecule has 5 heterocycles. The molecule has 274 valence electrons. The molecule has 1 fully saturated rings. The fourth-order valence-corrected chi connectivity index (χ4v) is 4.77. The second kappa shape index (κ2) is 16.8. The zero-order chi connectivity index (χ0) is 38.1. The van der Waals surface area contributed by atoms with Gasteiger partial charge in [-0.2, -0.15) is 41.8 Å². The van der Waals surface area contributed by atoms with Crippen LogP contribution < -0.4 is 4.90 Å². The van der Waals surface area contributed by atoms with E-state index in [0.717, 1.165) is 59.6 Å². The van der Waals surface area contributed by atoms with E-state index in [1.807, 2.05) is 63.0 Å². The summed E-state index contributed by atoms with van der Waals surface area (Å²) in [6.07, 6.45) is 0.437. The standard InChI is InChI=1S/C27H31N9O.2C2HF3O2/c1-32(2)8-4-5-26(37)35-11-9-34(10-12-35)25-7-6-20(15-29-25)24-13-21(23-17-30-33(3)18-23)19-36-27(24)22(14-28)16-31-36;2*3-2(4,5)1(6)7/h6-7,13,15-19H,4-5,8-12H2,1-3H3;2*(H,6,7). The Labute approximate surface area is 286 Å². The van der Waals surface area contributed by atoms with Crippen molar-refractivity contribution in [2.45, 2.75) is 25.2 Å². The Kier molecular flexibility index (Phi) is 13.1. The second-order valence-corrected chi connectivity index (χ2v) is 11.3. The summed E-state index contributed by atoms with van der Waals surface area (Å²) < 4.78 is 67.0. The van der Waals surface area contributed by atoms with Crippen LogP contribution in [0.2, 0.25) is 0 Å². The summed E-state index contributed by atoms with van der Waals surface area (Å²) in [6.45, 7) is 3.86. The van der Waals surface area contributed by atoms with Gasteiger partial charge in [-0.15, -0.1) is 0 Å². The summed E-state index contributed by atoms with van der Waals surface area (Å²) in [7, 11) is 5.94. The summed E-state index contributed by atoms with van der Waals surface area (Å²) in [4.78, 5) is 41.4. The van der Waals surface area contributed by atoms with Crippen molar-refractivity contribution in [1.29, 1.82) is 5.26 Å². The lowest BCUT2D eigenvalue weighted by Crippen LogP contribution is -2.49. The molecule has 0 spiro atoms. The van der Waals surface area contributed by atoms with Gasteiger partial charge in [0.1, 0.15) is 11.9 Å². The molecule has 0 aromatic carbocycles. The first-order valence-corrected chi connectivity index (χ1v) is 15.0. The number of hydrogen-bond donors (Lipinski definition) is 2. The monoisotopic (exact) mass is 725 g/mol. The SMILES string of the molecule is CN(C)CCCC(=O)N1CCN(c2ccc(-c3cc(-c4cnn(C)c4)cn4ncc(C#N)c34)cn2)CC1.O=C(O)C(F)(F)F.O=C(O)C(F)(F)F. The number of halogens is 6. The lowest BCUT2D eigenvalue weighted by molar-refractivity contribution is -0.193. The van der Waals surface area contributed by atoms with E-state index in [4.69, 9.17) is 24.8 Å². The van der Waals surface area contributed by atoms with E-state index in [2.05, 4.69) is 32.1 Å². The fourth-order valence-electron chi connectivity index (χ4n) is 4.77. The van der Waals surface area contributed by atoms with Gasteiger partial charge in [0.15, 0.2) is 0 Å². The summed E-state index contributed by atoms with van der Waals surface area (Å²) in [5.41, 5.74) is 5.00. The first-order valence-electron chi connectivity index (χ1n) is 15.0. The molecule has 1 aliphatic heterocycles. The molecule has 0 bridgehead atoms. The van der Waals surface area contributed by atoms with E-state index in [-0.39, 0.29) is 5.91 Å². The van der Waals surface area contributed by atoms with Gasteiger partial charge in [0, 0.05) is 80.5 Å². The molecule has 0 atom stereocenters. The van der Waals surface area contributed by atoms with Gasteiger partial charge in [-0.1, -0.05) is 0 Å². The van der Waals surface area contributed by atoms with Crippen molar-refractivity contribution in [2.75, 3.05) is 51.7 Å². The highest BCUT2D eigenvalue weighted by atomic mass is 19.4. The maximum absolute atomic E-state index is 12.5. The van der Waals surface area contributed by atoms with Crippen molar-refractivity contribution < 1.29 is 50.9 Å². The number of pyridine rings is 2. The molecule has 0 saturated carbocycles. The first-order chi connectivity index (χ1) is 23.8. The van der Waals surface area contributed by atoms with Crippen LogP contribution in [0.1, 0.15) is 18.4 Å². The zero-order valence-corrected chi connectivity index (χ0v) is 27.5. The van der Waals surface area contributed by atoms with Gasteiger partial charge in [-0.3, -0.25) is 9.48 Å². The fraction of sp³-hybridized carbons (Fsp3) is 0.387. The van der Waals surface area contributed by atoms with E-state index >= 15 is 0 Å². The number of rotatable bonds is 7. The number of hydrogen-bond acceptors (Lipinski definition) is 9. The van der Waals surface area contributed by atoms with Gasteiger partial charge in [-0.25, -0.2) is 19.1 Å². The lowest BCUT2D eigenvalue weighted by atomic mass is 10.0. The van der Waals surface area contributed by atoms with Crippen molar-refractivity contribution in [3.05, 3.63) is 54.7 Å². The van der Waals surface area contributed by atoms with Crippen LogP contribution in [0.4, 0.5) is 32.2 Å². The van der Waals surface area contributed by atoms with Gasteiger partial charge in [0.2, 0.25) is 5.91 Å². The Balaban J connectivity index is 0.000000424. The van der Waals surface area contributed by atoms with Crippen LogP contribution in [0, 0.1) is 11.3 Å². The number of amides is 1. The van der Waals surface area contributed by atoms with E-state index in [0.29, 0.717) is 25.1 Å². The van der Waals surface area contributed by atoms with E-state index < -0.39 is 24.3 Å². The van der Waals surface area contributed by atoms with Gasteiger partial charge in [0.25, 0.3) is 0 Å². The number of aryl methyl sites for hydroxylation is 1. The molecule has 4 aromatic heterocycles. The maximum atomic E-state index is 12.5. The topological polar surface area (TPSA) is 173 Å². The van der Waals surface area contributed by atoms with Gasteiger partial charge >= 0.3 is 24.3 Å². The molecule has 4 aromatic rings. The second-order valence-electron chi connectivity index (χ2n) is 11.3. The molecular weight excluding hydrogens is 692 g/mol. The van der Waals surface area contributed by atoms with Crippen LogP contribution >= 0.6 is 0 Å². The average Bonchev–Trinajstić information content (AvgIpc) is 3.70. The third-order valence-corrected chi connectivity index (χ3v) is 7.27. The highest BCUT2D eigenvalue weighted by molar-refractivity contribution is 5.87. The summed E-state index contributed by atoms with van der Waals surface area (Å²) in [5, 5.41) is 32.6. The van der Waals surface area contributed by atoms with Crippen LogP contribution in [0.3, 0.4) is 0 Å². The van der Waals surface area contributed by atoms with E-state index in [1.54, 1.807) is 15.4 Å². The third-order valence-electron chi connectivity index (χ3n) is 7.27. The Morgan fingerprint density at radius 3 is 1.96 bits per heavy atom. The summed E-state index contributed by atoms with van der Waals surface area (Å²) in [6, 6.07) is 8.37. The molecule has 2 N–H and O–H groups in total. The molecule has 0 radical (unpaired) electrons. The highest BCUT2D eigenvalue weighted by Crippen LogP contribution is 2.32. The predicted molar refractivity (Wildman–Crippen MR) is 169 cm³/mol. The van der Waals surface area contributed by atoms with Crippen molar-refractivity contribution in [3.8, 4) is 28.3 Å². The molecular formula is C31H33F6N9O5. The minimum Gasteiger partial charge on any atom is -0.475 e. The van der Waals surface area contributed by atoms with Crippen molar-refractivity contribution in [1.82, 2.24) is 34.2 Å². The largest absolute Gasteiger partial charge is 0.490 e. The van der Waals surface area contributed by atoms with Gasteiger partial charge < -0.3 is 24.9 Å². The molecule has 0 aliphatic carbocycles. The lowest BCUT2D eigenvalue weighted by Gasteiger charge is -2.35. The number of nitriles is 1. The number of anilines is 1. The minimum absolute atomic E-state index is 0.233. The quantitative estimate of drug-likeness (QED) is 0.265. The number of alkyl halides is 6. The number of nitrogens with zero attached hydrogens (tertiary/aromatic N) is 9. The molecule has 5 rings (SSSR count). The van der Waals surface area contributed by atoms with Crippen LogP contribution in [0.15, 0.2) is 49.2 Å². The highest BCUT2D eigenvalue weighted by Gasteiger charge is 2.39. The van der Waals surface area contributed by atoms with E-state index in [9.17, 15) is 36.4 Å². The minimum atomic E-state index is -5.08. The number of carboxylic acid groups (broad SMARTS) is 2. The number of fused-ring (bicyclic) bond motifs is 1. The predicted octanol–water partition coefficient (Wildman–Crippen LogP) is 3.93. The van der Waals surface area contributed by atoms with Crippen LogP contribution in [0.5, 0.6) is 0 Å². The molecule has 51 heavy (non-hydrogen) atoms. The maximum Gasteiger partial charge on any atom is 0.490 e. The van der Waals surface area contributed by atoms with Crippen LogP contribution in [-0.4, -0.2) is 121 Å². The smallest absolute Gasteiger partial charge is 0.475 e. The first kappa shape index (κ1) is 39.7. The van der Waals surface area contributed by atoms with Crippen molar-refractivity contribution in [3.63, 3.8) is 0 Å². The third kappa shape index (κ3) is 11.1. The number of piperazine rings is 1. The number of carbonyl (C=O) groups excluding carboxylic acids is 1. The van der Waals surface area contributed by atoms with Crippen molar-refractivity contribution in [2.24, 2.45) is 7.05 Å². The molecule has 20 heteroatoms. The molecule has 1 saturated heterocycles. The summed E-state index contributed by atoms with van der Waals surface area (Å²) >= 11 is 0. The average molecular weight is 726 g/mol. The Morgan fingerprint density at radius 1 is 0.882 bits per heavy atom. The normalized spacial score (nSPS) is 13.2. The van der Waals surface area contributed by atoms with Crippen LogP contribution in [-0.2, 0) is 21.4 Å². The van der Waals surface area contributed by atoms with Gasteiger partial charge in [0.05, 0.1) is 23.5 Å². The van der Waals surface area contributed by atoms with E-state index in [1.165, 1.54) is 0 Å².